The maximum Gasteiger partial charge on any atom is 0.409 e. The highest BCUT2D eigenvalue weighted by atomic mass is 35.5. The highest BCUT2D eigenvalue weighted by molar-refractivity contribution is 6.54. The Kier molecular flexibility index (Phi) is 3.33. The molecular weight excluding hydrogens is 270 g/mol. The monoisotopic (exact) mass is 284 g/mol. The predicted molar refractivity (Wildman–Crippen MR) is 84.9 cm³/mol. The molecule has 0 spiro atoms. The van der Waals surface area contributed by atoms with Gasteiger partial charge in [0.2, 0.25) is 0 Å². The molecule has 3 rings (SSSR count). The number of alkyl halides is 1. The third-order valence-electron chi connectivity index (χ3n) is 3.92. The fourth-order valence-electron chi connectivity index (χ4n) is 2.98. The first-order valence-corrected chi connectivity index (χ1v) is 7.14. The van der Waals surface area contributed by atoms with Crippen molar-refractivity contribution in [2.75, 3.05) is 17.2 Å². The molecule has 100 valence electrons. The summed E-state index contributed by atoms with van der Waals surface area (Å²) in [5.41, 5.74) is 2.82. The van der Waals surface area contributed by atoms with E-state index in [9.17, 15) is 5.02 Å². The van der Waals surface area contributed by atoms with Gasteiger partial charge in [0.25, 0.3) is 0 Å². The lowest BCUT2D eigenvalue weighted by molar-refractivity contribution is 0.569. The summed E-state index contributed by atoms with van der Waals surface area (Å²) < 4.78 is 0. The Morgan fingerprint density at radius 1 is 1.45 bits per heavy atom. The van der Waals surface area contributed by atoms with E-state index in [1.807, 2.05) is 35.1 Å². The molecule has 0 aromatic heterocycles. The van der Waals surface area contributed by atoms with Gasteiger partial charge in [-0.05, 0) is 35.3 Å². The second-order valence-electron chi connectivity index (χ2n) is 5.15. The second kappa shape index (κ2) is 5.01. The van der Waals surface area contributed by atoms with Gasteiger partial charge in [-0.3, -0.25) is 0 Å². The summed E-state index contributed by atoms with van der Waals surface area (Å²) >= 11 is 6.11. The Morgan fingerprint density at radius 2 is 2.20 bits per heavy atom. The molecule has 2 aromatic rings. The van der Waals surface area contributed by atoms with Gasteiger partial charge in [0.1, 0.15) is 0 Å². The van der Waals surface area contributed by atoms with Gasteiger partial charge in [0.05, 0.1) is 6.57 Å². The molecule has 1 aliphatic heterocycles. The number of halogens is 1. The quantitative estimate of drug-likeness (QED) is 0.518. The molecule has 5 heteroatoms. The molecule has 1 aliphatic rings. The van der Waals surface area contributed by atoms with E-state index in [1.165, 1.54) is 0 Å². The lowest BCUT2D eigenvalue weighted by Crippen LogP contribution is -2.36. The van der Waals surface area contributed by atoms with Crippen molar-refractivity contribution in [3.05, 3.63) is 47.3 Å². The summed E-state index contributed by atoms with van der Waals surface area (Å²) in [7, 11) is -0.538. The number of rotatable bonds is 2. The number of benzene rings is 2. The van der Waals surface area contributed by atoms with Gasteiger partial charge < -0.3 is 9.83 Å². The Labute approximate surface area is 123 Å². The van der Waals surface area contributed by atoms with E-state index in [0.717, 1.165) is 28.6 Å². The molecule has 0 fully saturated rings. The normalized spacial score (nSPS) is 17.1. The van der Waals surface area contributed by atoms with E-state index in [1.54, 1.807) is 6.82 Å². The zero-order valence-corrected chi connectivity index (χ0v) is 11.9. The third kappa shape index (κ3) is 1.95. The molecule has 0 bridgehead atoms. The molecule has 1 N–H and O–H groups in total. The van der Waals surface area contributed by atoms with Gasteiger partial charge in [-0.2, -0.15) is 0 Å². The second-order valence-corrected chi connectivity index (χ2v) is 5.46. The largest absolute Gasteiger partial charge is 0.432 e. The van der Waals surface area contributed by atoms with Crippen molar-refractivity contribution in [3.63, 3.8) is 0 Å². The van der Waals surface area contributed by atoms with Crippen molar-refractivity contribution in [1.29, 1.82) is 0 Å². The summed E-state index contributed by atoms with van der Waals surface area (Å²) in [5, 5.41) is 12.1. The third-order valence-corrected chi connectivity index (χ3v) is 4.30. The number of hydrogen-bond acceptors (Lipinski definition) is 2. The van der Waals surface area contributed by atoms with Crippen molar-refractivity contribution in [2.45, 2.75) is 12.7 Å². The highest BCUT2D eigenvalue weighted by Crippen LogP contribution is 2.42. The summed E-state index contributed by atoms with van der Waals surface area (Å²) in [6.45, 7) is 9.65. The molecule has 0 saturated heterocycles. The first-order chi connectivity index (χ1) is 9.65. The number of hydrogen-bond donors (Lipinski definition) is 1. The summed E-state index contributed by atoms with van der Waals surface area (Å²) in [5.74, 6) is 0.698. The van der Waals surface area contributed by atoms with E-state index in [-0.39, 0.29) is 5.92 Å². The molecule has 1 atom stereocenters. The Hall–Kier alpha value is -1.70. The van der Waals surface area contributed by atoms with Crippen LogP contribution in [0.4, 0.5) is 11.4 Å². The van der Waals surface area contributed by atoms with Crippen LogP contribution in [0.1, 0.15) is 11.5 Å². The number of nitrogens with zero attached hydrogens (tertiary/aromatic N) is 2. The number of fused-ring (bicyclic) bond motifs is 3. The lowest BCUT2D eigenvalue weighted by atomic mass is 9.85. The summed E-state index contributed by atoms with van der Waals surface area (Å²) in [6.07, 6.45) is 0. The van der Waals surface area contributed by atoms with Gasteiger partial charge in [-0.15, -0.1) is 11.6 Å². The van der Waals surface area contributed by atoms with Crippen LogP contribution in [0.25, 0.3) is 15.6 Å². The molecule has 0 radical (unpaired) electrons. The fraction of sp³-hybridized carbons (Fsp3) is 0.267. The molecule has 20 heavy (non-hydrogen) atoms. The van der Waals surface area contributed by atoms with Crippen molar-refractivity contribution >= 4 is 40.8 Å². The van der Waals surface area contributed by atoms with Crippen LogP contribution in [0.3, 0.4) is 0 Å². The SMILES string of the molecule is [C-]#[N+]c1ccc2ccc3c(c2c1)C(CCl)CN3B(C)O. The first-order valence-electron chi connectivity index (χ1n) is 6.60. The Balaban J connectivity index is 2.28. The zero-order valence-electron chi connectivity index (χ0n) is 11.2. The fourth-order valence-corrected chi connectivity index (χ4v) is 3.23. The zero-order chi connectivity index (χ0) is 14.3. The van der Waals surface area contributed by atoms with E-state index >= 15 is 0 Å². The molecular formula is C15H14BClN2O. The van der Waals surface area contributed by atoms with Crippen molar-refractivity contribution in [3.8, 4) is 0 Å². The Morgan fingerprint density at radius 3 is 2.85 bits per heavy atom. The minimum Gasteiger partial charge on any atom is -0.432 e. The van der Waals surface area contributed by atoms with Crippen molar-refractivity contribution in [1.82, 2.24) is 0 Å². The molecule has 1 heterocycles. The molecule has 1 unspecified atom stereocenters. The molecule has 0 amide bonds. The van der Waals surface area contributed by atoms with Gasteiger partial charge in [0.15, 0.2) is 5.69 Å². The minimum absolute atomic E-state index is 0.186. The molecule has 0 saturated carbocycles. The standard InChI is InChI=1S/C15H14BClN2O/c1-16(20)19-9-11(8-17)15-13-7-12(18-2)5-3-10(13)4-6-14(15)19/h3-7,11,20H,8-9H2,1H3. The first kappa shape index (κ1) is 13.3. The summed E-state index contributed by atoms with van der Waals surface area (Å²) in [6, 6.07) is 9.80. The van der Waals surface area contributed by atoms with Crippen LogP contribution in [0, 0.1) is 6.57 Å². The lowest BCUT2D eigenvalue weighted by Gasteiger charge is -2.20. The molecule has 0 aliphatic carbocycles. The van der Waals surface area contributed by atoms with E-state index in [4.69, 9.17) is 18.2 Å². The van der Waals surface area contributed by atoms with Crippen LogP contribution in [-0.2, 0) is 0 Å². The maximum atomic E-state index is 9.92. The van der Waals surface area contributed by atoms with Gasteiger partial charge in [-0.1, -0.05) is 18.2 Å². The van der Waals surface area contributed by atoms with Crippen LogP contribution in [-0.4, -0.2) is 24.5 Å². The minimum atomic E-state index is -0.538. The molecule has 3 nitrogen and oxygen atoms in total. The molecule has 2 aromatic carbocycles. The Bertz CT molecular complexity index is 711. The average molecular weight is 285 g/mol. The van der Waals surface area contributed by atoms with Crippen molar-refractivity contribution in [2.24, 2.45) is 0 Å². The van der Waals surface area contributed by atoms with Gasteiger partial charge >= 0.3 is 7.05 Å². The maximum absolute atomic E-state index is 9.92. The van der Waals surface area contributed by atoms with E-state index in [2.05, 4.69) is 4.85 Å². The van der Waals surface area contributed by atoms with Crippen LogP contribution in [0.2, 0.25) is 6.82 Å². The van der Waals surface area contributed by atoms with Crippen LogP contribution in [0.15, 0.2) is 30.3 Å². The van der Waals surface area contributed by atoms with E-state index < -0.39 is 7.05 Å². The average Bonchev–Trinajstić information content (AvgIpc) is 2.86. The van der Waals surface area contributed by atoms with Crippen LogP contribution >= 0.6 is 11.6 Å². The van der Waals surface area contributed by atoms with E-state index in [0.29, 0.717) is 11.6 Å². The predicted octanol–water partition coefficient (Wildman–Crippen LogP) is 3.64. The van der Waals surface area contributed by atoms with Gasteiger partial charge in [0, 0.05) is 24.0 Å². The topological polar surface area (TPSA) is 27.8 Å². The number of anilines is 1. The van der Waals surface area contributed by atoms with Crippen molar-refractivity contribution < 1.29 is 5.02 Å². The van der Waals surface area contributed by atoms with Crippen LogP contribution in [0.5, 0.6) is 0 Å². The summed E-state index contributed by atoms with van der Waals surface area (Å²) in [4.78, 5) is 5.47. The van der Waals surface area contributed by atoms with Gasteiger partial charge in [-0.25, -0.2) is 4.85 Å². The van der Waals surface area contributed by atoms with Crippen LogP contribution < -0.4 is 4.81 Å². The highest BCUT2D eigenvalue weighted by Gasteiger charge is 2.33. The smallest absolute Gasteiger partial charge is 0.409 e.